The Labute approximate surface area is 615 Å². The van der Waals surface area contributed by atoms with E-state index in [1.807, 2.05) is 54.6 Å². The number of hydrogen-bond acceptors (Lipinski definition) is 16. The van der Waals surface area contributed by atoms with Crippen LogP contribution in [0.4, 0.5) is 0 Å². The van der Waals surface area contributed by atoms with E-state index in [1.54, 1.807) is 144 Å². The van der Waals surface area contributed by atoms with E-state index < -0.39 is 24.0 Å². The zero-order valence-corrected chi connectivity index (χ0v) is 63.4. The van der Waals surface area contributed by atoms with Gasteiger partial charge in [0.05, 0.1) is 41.3 Å². The molecule has 0 aliphatic heterocycles. The van der Waals surface area contributed by atoms with E-state index in [-0.39, 0.29) is 85.1 Å². The third-order valence-corrected chi connectivity index (χ3v) is 15.4. The van der Waals surface area contributed by atoms with Gasteiger partial charge in [-0.15, -0.1) is 0 Å². The van der Waals surface area contributed by atoms with E-state index in [2.05, 4.69) is 63.9 Å². The molecule has 0 radical (unpaired) electrons. The molecular formula is C80H110N8O16. The highest BCUT2D eigenvalue weighted by atomic mass is 16.5. The molecule has 4 aromatic carbocycles. The molecule has 4 aromatic rings. The lowest BCUT2D eigenvalue weighted by Crippen LogP contribution is -2.39. The molecule has 4 rings (SSSR count). The summed E-state index contributed by atoms with van der Waals surface area (Å²) < 4.78 is 18.3. The highest BCUT2D eigenvalue weighted by molar-refractivity contribution is 5.98. The Morgan fingerprint density at radius 2 is 0.779 bits per heavy atom. The monoisotopic (exact) mass is 1440 g/mol. The Morgan fingerprint density at radius 1 is 0.404 bits per heavy atom. The number of ether oxygens (including phenoxy) is 4. The van der Waals surface area contributed by atoms with Gasteiger partial charge in [0.15, 0.2) is 0 Å². The summed E-state index contributed by atoms with van der Waals surface area (Å²) in [7, 11) is 19.3. The smallest absolute Gasteiger partial charge is 0.328 e. The number of aryl methyl sites for hydroxylation is 1. The van der Waals surface area contributed by atoms with E-state index in [4.69, 9.17) is 0 Å². The van der Waals surface area contributed by atoms with E-state index in [0.717, 1.165) is 99.3 Å². The van der Waals surface area contributed by atoms with Crippen LogP contribution in [0, 0.1) is 23.7 Å². The summed E-state index contributed by atoms with van der Waals surface area (Å²) in [4.78, 5) is 146. The van der Waals surface area contributed by atoms with Crippen molar-refractivity contribution in [2.45, 2.75) is 154 Å². The molecule has 0 spiro atoms. The van der Waals surface area contributed by atoms with Gasteiger partial charge in [-0.3, -0.25) is 47.9 Å². The molecule has 24 nitrogen and oxygen atoms in total. The minimum atomic E-state index is -0.711. The standard InChI is InChI=1S/C21H32N2O4.C21H28N2O4.C19H26N2O4.C19H24N2O4/c2*1-16(21(26)27-4)22-20(25)18-13-10-12-17(15-18)11-8-6-5-7-9-14-19(24)23(2)3;2*1-21(2)17(22)11-6-4-5-8-15-9-7-10-16(14-15)19(24)20-13-12-18(23)25-3/h10,12-13,15-16H,5-9,11,14H2,1-4H3,(H,22,25);10,12-13,15-16H,5-7,9,14H2,1-4H3,(H,22,25);5,7-10,14H,4,6,11-13H2,1-3H3,(H,20,24);7,9-10,14H,4,6,11-13H2,1-3H3,(H,20,24)/b;;8-5-;/t2*16-;;/m11../s1. The summed E-state index contributed by atoms with van der Waals surface area (Å²) in [6.45, 7) is 3.63. The predicted octanol–water partition coefficient (Wildman–Crippen LogP) is 9.16. The molecular weight excluding hydrogens is 1330 g/mol. The molecule has 0 unspecified atom stereocenters. The summed E-state index contributed by atoms with van der Waals surface area (Å²) in [5.41, 5.74) is 5.52. The predicted molar refractivity (Wildman–Crippen MR) is 401 cm³/mol. The van der Waals surface area contributed by atoms with Crippen molar-refractivity contribution in [2.75, 3.05) is 97.9 Å². The van der Waals surface area contributed by atoms with Gasteiger partial charge in [-0.05, 0) is 137 Å². The molecule has 0 aliphatic rings. The fourth-order valence-corrected chi connectivity index (χ4v) is 9.07. The van der Waals surface area contributed by atoms with Crippen LogP contribution in [0.2, 0.25) is 0 Å². The van der Waals surface area contributed by atoms with Gasteiger partial charge >= 0.3 is 23.9 Å². The lowest BCUT2D eigenvalue weighted by Gasteiger charge is -2.12. The van der Waals surface area contributed by atoms with Crippen LogP contribution in [0.1, 0.15) is 200 Å². The number of nitrogens with one attached hydrogen (secondary N) is 4. The van der Waals surface area contributed by atoms with Gasteiger partial charge in [-0.25, -0.2) is 9.59 Å². The summed E-state index contributed by atoms with van der Waals surface area (Å²) >= 11 is 0. The van der Waals surface area contributed by atoms with Crippen LogP contribution >= 0.6 is 0 Å². The first-order chi connectivity index (χ1) is 49.6. The van der Waals surface area contributed by atoms with Gasteiger partial charge in [-0.2, -0.15) is 0 Å². The van der Waals surface area contributed by atoms with Gasteiger partial charge in [0, 0.05) is 141 Å². The van der Waals surface area contributed by atoms with E-state index in [1.165, 1.54) is 28.4 Å². The minimum Gasteiger partial charge on any atom is -0.469 e. The van der Waals surface area contributed by atoms with Crippen molar-refractivity contribution in [2.24, 2.45) is 0 Å². The van der Waals surface area contributed by atoms with Crippen molar-refractivity contribution in [3.63, 3.8) is 0 Å². The first-order valence-corrected chi connectivity index (χ1v) is 34.9. The number of allylic oxidation sites excluding steroid dienone is 1. The first kappa shape index (κ1) is 91.4. The molecule has 104 heavy (non-hydrogen) atoms. The molecule has 0 aliphatic carbocycles. The van der Waals surface area contributed by atoms with Gasteiger partial charge in [0.25, 0.3) is 23.6 Å². The number of unbranched alkanes of at least 4 members (excludes halogenated alkanes) is 9. The Balaban J connectivity index is 0.000000694. The van der Waals surface area contributed by atoms with Crippen LogP contribution in [0.5, 0.6) is 0 Å². The zero-order valence-electron chi connectivity index (χ0n) is 63.4. The van der Waals surface area contributed by atoms with Crippen LogP contribution in [0.3, 0.4) is 0 Å². The fraction of sp³-hybridized carbons (Fsp3) is 0.475. The quantitative estimate of drug-likeness (QED) is 0.0144. The second kappa shape index (κ2) is 54.1. The van der Waals surface area contributed by atoms with Gasteiger partial charge in [-0.1, -0.05) is 97.9 Å². The van der Waals surface area contributed by atoms with Crippen molar-refractivity contribution in [3.8, 4) is 23.7 Å². The van der Waals surface area contributed by atoms with Gasteiger partial charge in [0.2, 0.25) is 23.6 Å². The molecule has 0 saturated carbocycles. The molecule has 0 fully saturated rings. The number of amides is 8. The molecule has 0 aromatic heterocycles. The number of carbonyl (C=O) groups is 12. The largest absolute Gasteiger partial charge is 0.469 e. The molecule has 2 atom stereocenters. The van der Waals surface area contributed by atoms with Gasteiger partial charge in [0.1, 0.15) is 12.1 Å². The van der Waals surface area contributed by atoms with Crippen LogP contribution in [-0.4, -0.2) is 201 Å². The van der Waals surface area contributed by atoms with Gasteiger partial charge < -0.3 is 59.8 Å². The number of hydrogen-bond donors (Lipinski definition) is 4. The highest BCUT2D eigenvalue weighted by Gasteiger charge is 2.19. The third kappa shape index (κ3) is 42.0. The topological polar surface area (TPSA) is 303 Å². The van der Waals surface area contributed by atoms with Crippen molar-refractivity contribution < 1.29 is 76.5 Å². The Bertz CT molecular complexity index is 3560. The Kier molecular flexibility index (Phi) is 47.6. The summed E-state index contributed by atoms with van der Waals surface area (Å²) in [6.07, 6.45) is 19.0. The van der Waals surface area contributed by atoms with E-state index >= 15 is 0 Å². The maximum atomic E-state index is 12.2. The van der Waals surface area contributed by atoms with Crippen molar-refractivity contribution >= 4 is 77.2 Å². The van der Waals surface area contributed by atoms with Crippen molar-refractivity contribution in [1.29, 1.82) is 0 Å². The highest BCUT2D eigenvalue weighted by Crippen LogP contribution is 2.15. The second-order valence-corrected chi connectivity index (χ2v) is 24.8. The number of nitrogens with zero attached hydrogens (tertiary/aromatic N) is 4. The lowest BCUT2D eigenvalue weighted by molar-refractivity contribution is -0.143. The summed E-state index contributed by atoms with van der Waals surface area (Å²) in [5.74, 6) is 9.91. The van der Waals surface area contributed by atoms with E-state index in [0.29, 0.717) is 60.8 Å². The molecule has 8 amide bonds. The fourth-order valence-electron chi connectivity index (χ4n) is 9.07. The van der Waals surface area contributed by atoms with Crippen LogP contribution in [-0.2, 0) is 63.7 Å². The molecule has 0 heterocycles. The summed E-state index contributed by atoms with van der Waals surface area (Å²) in [6, 6.07) is 27.3. The average Bonchev–Trinajstić information content (AvgIpc) is 0.895. The Morgan fingerprint density at radius 3 is 1.23 bits per heavy atom. The van der Waals surface area contributed by atoms with Crippen molar-refractivity contribution in [1.82, 2.24) is 40.9 Å². The number of methoxy groups -OCH3 is 4. The minimum absolute atomic E-state index is 0.0902. The number of carbonyl (C=O) groups excluding carboxylic acids is 12. The third-order valence-electron chi connectivity index (χ3n) is 15.4. The maximum absolute atomic E-state index is 12.2. The SMILES string of the molecule is COC(=O)CCNC(=O)c1cccc(/C=C\CCCC(=O)N(C)C)c1.COC(=O)CCNC(=O)c1cccc(C#CCCCC(=O)N(C)C)c1.COC(=O)[C@@H](C)NC(=O)c1cccc(C#CCCCCCC(=O)N(C)C)c1.COC(=O)[C@@H](C)NC(=O)c1cccc(CCCCCCCC(=O)N(C)C)c1. The second-order valence-electron chi connectivity index (χ2n) is 24.8. The number of esters is 4. The molecule has 566 valence electrons. The molecule has 4 N–H and O–H groups in total. The Hall–Kier alpha value is -10.6. The average molecular weight is 1440 g/mol. The molecule has 24 heteroatoms. The lowest BCUT2D eigenvalue weighted by atomic mass is 10.0. The first-order valence-electron chi connectivity index (χ1n) is 34.9. The number of benzene rings is 4. The number of rotatable bonds is 35. The zero-order chi connectivity index (χ0) is 77.8. The van der Waals surface area contributed by atoms with Crippen LogP contribution in [0.25, 0.3) is 6.08 Å². The normalized spacial score (nSPS) is 10.7. The van der Waals surface area contributed by atoms with Crippen LogP contribution in [0.15, 0.2) is 103 Å². The van der Waals surface area contributed by atoms with Crippen LogP contribution < -0.4 is 21.3 Å². The molecule has 0 saturated heterocycles. The van der Waals surface area contributed by atoms with Crippen molar-refractivity contribution in [3.05, 3.63) is 148 Å². The van der Waals surface area contributed by atoms with E-state index in [9.17, 15) is 57.5 Å². The maximum Gasteiger partial charge on any atom is 0.328 e. The molecule has 0 bridgehead atoms. The summed E-state index contributed by atoms with van der Waals surface area (Å²) in [5, 5.41) is 10.6.